The van der Waals surface area contributed by atoms with Crippen LogP contribution in [0.1, 0.15) is 16.2 Å². The van der Waals surface area contributed by atoms with Crippen LogP contribution in [-0.4, -0.2) is 33.9 Å². The molecule has 0 unspecified atom stereocenters. The number of hydrogen-bond acceptors (Lipinski definition) is 7. The molecule has 0 aromatic carbocycles. The highest BCUT2D eigenvalue weighted by Crippen LogP contribution is 2.16. The van der Waals surface area contributed by atoms with Crippen LogP contribution in [0.5, 0.6) is 0 Å². The maximum absolute atomic E-state index is 11.8. The summed E-state index contributed by atoms with van der Waals surface area (Å²) in [6.07, 6.45) is -0.00922. The van der Waals surface area contributed by atoms with Crippen LogP contribution in [0.15, 0.2) is 21.0 Å². The first-order valence-corrected chi connectivity index (χ1v) is 6.52. The van der Waals surface area contributed by atoms with Gasteiger partial charge in [0.1, 0.15) is 5.69 Å². The van der Waals surface area contributed by atoms with Crippen molar-refractivity contribution in [3.8, 4) is 0 Å². The highest BCUT2D eigenvalue weighted by Gasteiger charge is 2.12. The summed E-state index contributed by atoms with van der Waals surface area (Å²) in [4.78, 5) is 53.3. The molecule has 2 rings (SSSR count). The molecule has 0 saturated carbocycles. The van der Waals surface area contributed by atoms with Crippen LogP contribution < -0.4 is 16.6 Å². The molecule has 0 aliphatic heterocycles. The van der Waals surface area contributed by atoms with Gasteiger partial charge >= 0.3 is 11.7 Å². The minimum Gasteiger partial charge on any atom is -0.469 e. The second kappa shape index (κ2) is 6.13. The van der Waals surface area contributed by atoms with Gasteiger partial charge in [0.2, 0.25) is 0 Å². The number of nitrogens with zero attached hydrogens (tertiary/aromatic N) is 1. The zero-order valence-corrected chi connectivity index (χ0v) is 11.6. The van der Waals surface area contributed by atoms with Crippen molar-refractivity contribution in [2.75, 3.05) is 12.4 Å². The summed E-state index contributed by atoms with van der Waals surface area (Å²) in [5.74, 6) is -1.13. The summed E-state index contributed by atoms with van der Waals surface area (Å²) < 4.78 is 4.50. The molecule has 0 bridgehead atoms. The molecule has 0 saturated heterocycles. The van der Waals surface area contributed by atoms with Gasteiger partial charge in [0, 0.05) is 11.4 Å². The Morgan fingerprint density at radius 3 is 2.81 bits per heavy atom. The van der Waals surface area contributed by atoms with Crippen molar-refractivity contribution >= 4 is 28.3 Å². The van der Waals surface area contributed by atoms with Crippen molar-refractivity contribution in [1.29, 1.82) is 0 Å². The van der Waals surface area contributed by atoms with E-state index in [-0.39, 0.29) is 17.2 Å². The van der Waals surface area contributed by atoms with E-state index in [9.17, 15) is 19.2 Å². The number of methoxy groups -OCH3 is 1. The van der Waals surface area contributed by atoms with Crippen LogP contribution >= 0.6 is 11.3 Å². The number of anilines is 1. The predicted octanol–water partition coefficient (Wildman–Crippen LogP) is -0.513. The molecule has 9 nitrogen and oxygen atoms in total. The Morgan fingerprint density at radius 2 is 2.14 bits per heavy atom. The lowest BCUT2D eigenvalue weighted by Crippen LogP contribution is -2.27. The molecule has 10 heteroatoms. The molecule has 2 aromatic rings. The van der Waals surface area contributed by atoms with Crippen LogP contribution in [-0.2, 0) is 16.0 Å². The summed E-state index contributed by atoms with van der Waals surface area (Å²) in [7, 11) is 1.26. The Labute approximate surface area is 121 Å². The molecular weight excluding hydrogens is 300 g/mol. The normalized spacial score (nSPS) is 10.1. The average Bonchev–Trinajstić information content (AvgIpc) is 2.84. The number of ether oxygens (including phenoxy) is 1. The molecule has 2 aromatic heterocycles. The molecule has 0 fully saturated rings. The topological polar surface area (TPSA) is 134 Å². The molecule has 0 spiro atoms. The van der Waals surface area contributed by atoms with E-state index in [0.717, 1.165) is 17.4 Å². The molecule has 0 atom stereocenters. The minimum absolute atomic E-state index is 0.00922. The molecule has 0 aliphatic carbocycles. The molecule has 0 radical (unpaired) electrons. The highest BCUT2D eigenvalue weighted by molar-refractivity contribution is 7.14. The summed E-state index contributed by atoms with van der Waals surface area (Å²) in [5.41, 5.74) is -1.21. The maximum atomic E-state index is 11.8. The van der Waals surface area contributed by atoms with Crippen LogP contribution in [0.3, 0.4) is 0 Å². The molecule has 0 aliphatic rings. The Bertz CT molecular complexity index is 762. The highest BCUT2D eigenvalue weighted by atomic mass is 32.1. The SMILES string of the molecule is COC(=O)Cc1csc(NC(=O)c2cc(=O)[nH]c(=O)[nH]2)n1. The zero-order chi connectivity index (χ0) is 15.4. The van der Waals surface area contributed by atoms with Gasteiger partial charge in [-0.1, -0.05) is 0 Å². The van der Waals surface area contributed by atoms with E-state index in [1.807, 2.05) is 4.98 Å². The average molecular weight is 310 g/mol. The van der Waals surface area contributed by atoms with E-state index in [2.05, 4.69) is 20.0 Å². The predicted molar refractivity (Wildman–Crippen MR) is 73.5 cm³/mol. The molecular formula is C11H10N4O5S. The lowest BCUT2D eigenvalue weighted by molar-refractivity contribution is -0.139. The Balaban J connectivity index is 2.11. The van der Waals surface area contributed by atoms with E-state index in [4.69, 9.17) is 0 Å². The van der Waals surface area contributed by atoms with Crippen LogP contribution in [0.25, 0.3) is 0 Å². The third-order valence-electron chi connectivity index (χ3n) is 2.33. The zero-order valence-electron chi connectivity index (χ0n) is 10.8. The maximum Gasteiger partial charge on any atom is 0.326 e. The van der Waals surface area contributed by atoms with Crippen LogP contribution in [0, 0.1) is 0 Å². The van der Waals surface area contributed by atoms with Gasteiger partial charge in [0.15, 0.2) is 5.13 Å². The molecule has 110 valence electrons. The fraction of sp³-hybridized carbons (Fsp3) is 0.182. The van der Waals surface area contributed by atoms with Crippen LogP contribution in [0.4, 0.5) is 5.13 Å². The fourth-order valence-electron chi connectivity index (χ4n) is 1.42. The first-order chi connectivity index (χ1) is 9.97. The van der Waals surface area contributed by atoms with E-state index < -0.39 is 23.1 Å². The number of aromatic amines is 2. The second-order valence-corrected chi connectivity index (χ2v) is 4.71. The van der Waals surface area contributed by atoms with Crippen molar-refractivity contribution in [1.82, 2.24) is 15.0 Å². The first kappa shape index (κ1) is 14.7. The number of nitrogens with one attached hydrogen (secondary N) is 3. The standard InChI is InChI=1S/C11H10N4O5S/c1-20-8(17)2-5-4-21-11(12-5)15-9(18)6-3-7(16)14-10(19)13-6/h3-4H,2H2,1H3,(H,12,15,18)(H2,13,14,16,19). The third-order valence-corrected chi connectivity index (χ3v) is 3.14. The quantitative estimate of drug-likeness (QED) is 0.651. The minimum atomic E-state index is -0.779. The summed E-state index contributed by atoms with van der Waals surface area (Å²) in [6.45, 7) is 0. The van der Waals surface area contributed by atoms with E-state index in [1.165, 1.54) is 7.11 Å². The third kappa shape index (κ3) is 3.86. The first-order valence-electron chi connectivity index (χ1n) is 5.64. The Hall–Kier alpha value is -2.75. The van der Waals surface area contributed by atoms with Crippen molar-refractivity contribution in [2.24, 2.45) is 0 Å². The van der Waals surface area contributed by atoms with Crippen LogP contribution in [0.2, 0.25) is 0 Å². The molecule has 3 N–H and O–H groups in total. The number of amides is 1. The fourth-order valence-corrected chi connectivity index (χ4v) is 2.13. The van der Waals surface area contributed by atoms with Gasteiger partial charge in [-0.15, -0.1) is 11.3 Å². The Kier molecular flexibility index (Phi) is 4.28. The number of aromatic nitrogens is 3. The number of rotatable bonds is 4. The number of carbonyl (C=O) groups excluding carboxylic acids is 2. The van der Waals surface area contributed by atoms with E-state index in [1.54, 1.807) is 5.38 Å². The lowest BCUT2D eigenvalue weighted by atomic mass is 10.3. The smallest absolute Gasteiger partial charge is 0.326 e. The molecule has 2 heterocycles. The Morgan fingerprint density at radius 1 is 1.38 bits per heavy atom. The monoisotopic (exact) mass is 310 g/mol. The summed E-state index contributed by atoms with van der Waals surface area (Å²) in [5, 5.41) is 4.24. The van der Waals surface area contributed by atoms with Crippen molar-refractivity contribution in [3.63, 3.8) is 0 Å². The number of hydrogen-bond donors (Lipinski definition) is 3. The van der Waals surface area contributed by atoms with Crippen molar-refractivity contribution < 1.29 is 14.3 Å². The lowest BCUT2D eigenvalue weighted by Gasteiger charge is -2.00. The van der Waals surface area contributed by atoms with E-state index in [0.29, 0.717) is 5.69 Å². The van der Waals surface area contributed by atoms with E-state index >= 15 is 0 Å². The van der Waals surface area contributed by atoms with Gasteiger partial charge in [0.25, 0.3) is 11.5 Å². The van der Waals surface area contributed by atoms with Crippen molar-refractivity contribution in [3.05, 3.63) is 43.7 Å². The van der Waals surface area contributed by atoms with Gasteiger partial charge < -0.3 is 9.72 Å². The molecule has 1 amide bonds. The summed E-state index contributed by atoms with van der Waals surface area (Å²) in [6, 6.07) is 0.958. The number of carbonyl (C=O) groups is 2. The number of esters is 1. The number of thiazole rings is 1. The van der Waals surface area contributed by atoms with Gasteiger partial charge in [-0.2, -0.15) is 0 Å². The summed E-state index contributed by atoms with van der Waals surface area (Å²) >= 11 is 1.10. The van der Waals surface area contributed by atoms with Gasteiger partial charge in [-0.25, -0.2) is 9.78 Å². The van der Waals surface area contributed by atoms with Gasteiger partial charge in [0.05, 0.1) is 19.2 Å². The largest absolute Gasteiger partial charge is 0.469 e. The van der Waals surface area contributed by atoms with Crippen molar-refractivity contribution in [2.45, 2.75) is 6.42 Å². The van der Waals surface area contributed by atoms with Gasteiger partial charge in [-0.3, -0.25) is 24.7 Å². The van der Waals surface area contributed by atoms with Gasteiger partial charge in [-0.05, 0) is 0 Å². The molecule has 21 heavy (non-hydrogen) atoms. The number of H-pyrrole nitrogens is 2. The second-order valence-electron chi connectivity index (χ2n) is 3.85.